The molecule has 0 saturated heterocycles. The Balaban J connectivity index is 4.18. The van der Waals surface area contributed by atoms with Crippen LogP contribution in [0.15, 0.2) is 109 Å². The van der Waals surface area contributed by atoms with E-state index < -0.39 is 32.5 Å². The molecular weight excluding hydrogens is 735 g/mol. The molecule has 322 valence electrons. The number of allylic oxidation sites excluding steroid dienone is 18. The van der Waals surface area contributed by atoms with Gasteiger partial charge >= 0.3 is 19.8 Å². The van der Waals surface area contributed by atoms with Crippen molar-refractivity contribution in [1.29, 1.82) is 0 Å². The quantitative estimate of drug-likeness (QED) is 0.0284. The van der Waals surface area contributed by atoms with Gasteiger partial charge in [0.25, 0.3) is 0 Å². The van der Waals surface area contributed by atoms with Crippen molar-refractivity contribution in [2.24, 2.45) is 0 Å². The average molecular weight is 813 g/mol. The standard InChI is InChI=1S/C48H77O8P/c1-4-6-8-10-12-14-16-18-20-22-24-26-28-30-32-34-36-38-40-42-47(49)54-44-46(45-55-57(51,52)53-3)56-48(50)43-41-39-37-35-33-31-29-27-25-23-21-19-17-15-13-11-9-7-5-2/h7,9,12-15,18-21,24-27,31,33,37,39,46H,4-6,8,10-11,16-17,22-23,28-30,32,34-36,38,40-45H2,1-3H3,(H,51,52)/b9-7-,14-12-,15-13-,20-18-,21-19-,26-24-,27-25-,33-31-,39-37-. The van der Waals surface area contributed by atoms with Gasteiger partial charge in [0.15, 0.2) is 6.10 Å². The summed E-state index contributed by atoms with van der Waals surface area (Å²) in [7, 11) is -3.25. The van der Waals surface area contributed by atoms with Crippen LogP contribution in [0, 0.1) is 0 Å². The largest absolute Gasteiger partial charge is 0.472 e. The van der Waals surface area contributed by atoms with Gasteiger partial charge in [0, 0.05) is 20.0 Å². The maximum absolute atomic E-state index is 12.5. The van der Waals surface area contributed by atoms with E-state index in [1.165, 1.54) is 25.7 Å². The van der Waals surface area contributed by atoms with E-state index >= 15 is 0 Å². The van der Waals surface area contributed by atoms with Gasteiger partial charge in [-0.2, -0.15) is 0 Å². The molecule has 0 radical (unpaired) electrons. The van der Waals surface area contributed by atoms with Gasteiger partial charge in [-0.1, -0.05) is 162 Å². The van der Waals surface area contributed by atoms with Crippen LogP contribution in [0.2, 0.25) is 0 Å². The van der Waals surface area contributed by atoms with Gasteiger partial charge in [-0.3, -0.25) is 18.6 Å². The summed E-state index contributed by atoms with van der Waals surface area (Å²) in [5.74, 6) is -0.928. The monoisotopic (exact) mass is 813 g/mol. The van der Waals surface area contributed by atoms with Gasteiger partial charge in [-0.05, 0) is 89.9 Å². The molecule has 0 aromatic carbocycles. The molecule has 1 N–H and O–H groups in total. The second-order valence-electron chi connectivity index (χ2n) is 13.7. The van der Waals surface area contributed by atoms with E-state index in [1.807, 2.05) is 12.2 Å². The lowest BCUT2D eigenvalue weighted by Crippen LogP contribution is -2.29. The molecule has 2 atom stereocenters. The molecule has 0 fully saturated rings. The molecule has 0 aliphatic rings. The second kappa shape index (κ2) is 42.3. The van der Waals surface area contributed by atoms with Crippen LogP contribution in [-0.2, 0) is 32.7 Å². The Morgan fingerprint density at radius 1 is 0.509 bits per heavy atom. The Morgan fingerprint density at radius 2 is 0.930 bits per heavy atom. The van der Waals surface area contributed by atoms with Crippen molar-refractivity contribution < 1.29 is 37.6 Å². The first kappa shape index (κ1) is 53.7. The lowest BCUT2D eigenvalue weighted by atomic mass is 10.1. The first-order chi connectivity index (χ1) is 27.8. The highest BCUT2D eigenvalue weighted by molar-refractivity contribution is 7.47. The number of hydrogen-bond acceptors (Lipinski definition) is 7. The number of esters is 2. The Labute approximate surface area is 347 Å². The van der Waals surface area contributed by atoms with Crippen LogP contribution >= 0.6 is 7.82 Å². The SMILES string of the molecule is CC/C=C\C/C=C\C/C=C\C/C=C\C/C=C\C/C=C\CCC(=O)OC(COC(=O)CCCCCCCC/C=C\C/C=C\C/C=C\CCCCC)COP(=O)(O)OC. The minimum Gasteiger partial charge on any atom is -0.462 e. The van der Waals surface area contributed by atoms with Crippen molar-refractivity contribution in [1.82, 2.24) is 0 Å². The van der Waals surface area contributed by atoms with E-state index in [0.717, 1.165) is 97.0 Å². The van der Waals surface area contributed by atoms with Crippen LogP contribution in [0.1, 0.15) is 155 Å². The first-order valence-corrected chi connectivity index (χ1v) is 23.1. The highest BCUT2D eigenvalue weighted by atomic mass is 31.2. The van der Waals surface area contributed by atoms with Crippen LogP contribution in [0.25, 0.3) is 0 Å². The molecule has 0 aliphatic heterocycles. The number of carbonyl (C=O) groups excluding carboxylic acids is 2. The highest BCUT2D eigenvalue weighted by Crippen LogP contribution is 2.42. The zero-order chi connectivity index (χ0) is 41.8. The Hall–Kier alpha value is -3.29. The number of unbranched alkanes of at least 4 members (excludes halogenated alkanes) is 9. The summed E-state index contributed by atoms with van der Waals surface area (Å²) < 4.78 is 31.9. The maximum atomic E-state index is 12.5. The summed E-state index contributed by atoms with van der Waals surface area (Å²) in [4.78, 5) is 34.5. The van der Waals surface area contributed by atoms with Gasteiger partial charge in [0.2, 0.25) is 0 Å². The van der Waals surface area contributed by atoms with Crippen LogP contribution in [-0.4, -0.2) is 43.3 Å². The number of phosphoric acid groups is 1. The molecule has 57 heavy (non-hydrogen) atoms. The van der Waals surface area contributed by atoms with Crippen LogP contribution in [0.5, 0.6) is 0 Å². The van der Waals surface area contributed by atoms with Crippen LogP contribution in [0.3, 0.4) is 0 Å². The fourth-order valence-electron chi connectivity index (χ4n) is 5.22. The predicted octanol–water partition coefficient (Wildman–Crippen LogP) is 13.8. The number of ether oxygens (including phenoxy) is 2. The minimum absolute atomic E-state index is 0.110. The molecule has 0 bridgehead atoms. The summed E-state index contributed by atoms with van der Waals surface area (Å²) in [6.07, 6.45) is 58.6. The lowest BCUT2D eigenvalue weighted by molar-refractivity contribution is -0.161. The number of phosphoric ester groups is 1. The highest BCUT2D eigenvalue weighted by Gasteiger charge is 2.24. The molecule has 0 spiro atoms. The third kappa shape index (κ3) is 42.1. The second-order valence-corrected chi connectivity index (χ2v) is 15.3. The molecule has 9 heteroatoms. The van der Waals surface area contributed by atoms with E-state index in [0.29, 0.717) is 12.8 Å². The summed E-state index contributed by atoms with van der Waals surface area (Å²) in [6, 6.07) is 0. The molecule has 0 aliphatic carbocycles. The van der Waals surface area contributed by atoms with Crippen molar-refractivity contribution >= 4 is 19.8 Å². The predicted molar refractivity (Wildman–Crippen MR) is 239 cm³/mol. The fraction of sp³-hybridized carbons (Fsp3) is 0.583. The van der Waals surface area contributed by atoms with Gasteiger partial charge in [0.1, 0.15) is 6.61 Å². The molecule has 8 nitrogen and oxygen atoms in total. The lowest BCUT2D eigenvalue weighted by Gasteiger charge is -2.19. The minimum atomic E-state index is -4.29. The molecule has 0 aromatic rings. The summed E-state index contributed by atoms with van der Waals surface area (Å²) in [5.41, 5.74) is 0. The first-order valence-electron chi connectivity index (χ1n) is 21.6. The molecule has 2 unspecified atom stereocenters. The topological polar surface area (TPSA) is 108 Å². The van der Waals surface area contributed by atoms with E-state index in [2.05, 4.69) is 116 Å². The van der Waals surface area contributed by atoms with Crippen molar-refractivity contribution in [3.05, 3.63) is 109 Å². The molecule has 0 heterocycles. The normalized spacial score (nSPS) is 14.4. The van der Waals surface area contributed by atoms with Crippen molar-refractivity contribution in [3.8, 4) is 0 Å². The molecule has 0 aromatic heterocycles. The number of carbonyl (C=O) groups is 2. The third-order valence-electron chi connectivity index (χ3n) is 8.51. The van der Waals surface area contributed by atoms with Crippen molar-refractivity contribution in [2.75, 3.05) is 20.3 Å². The van der Waals surface area contributed by atoms with E-state index in [1.54, 1.807) is 0 Å². The van der Waals surface area contributed by atoms with E-state index in [4.69, 9.17) is 14.0 Å². The van der Waals surface area contributed by atoms with Crippen LogP contribution in [0.4, 0.5) is 0 Å². The Kier molecular flexibility index (Phi) is 39.9. The molecule has 0 amide bonds. The van der Waals surface area contributed by atoms with Gasteiger partial charge in [-0.25, -0.2) is 4.57 Å². The summed E-state index contributed by atoms with van der Waals surface area (Å²) in [6.45, 7) is 3.66. The molecule has 0 saturated carbocycles. The average Bonchev–Trinajstić information content (AvgIpc) is 3.20. The zero-order valence-electron chi connectivity index (χ0n) is 35.7. The van der Waals surface area contributed by atoms with Gasteiger partial charge < -0.3 is 14.4 Å². The van der Waals surface area contributed by atoms with Gasteiger partial charge in [0.05, 0.1) is 6.61 Å². The van der Waals surface area contributed by atoms with Crippen molar-refractivity contribution in [2.45, 2.75) is 161 Å². The van der Waals surface area contributed by atoms with Gasteiger partial charge in [-0.15, -0.1) is 0 Å². The molecule has 0 rings (SSSR count). The van der Waals surface area contributed by atoms with Crippen LogP contribution < -0.4 is 0 Å². The zero-order valence-corrected chi connectivity index (χ0v) is 36.6. The smallest absolute Gasteiger partial charge is 0.462 e. The Bertz CT molecular complexity index is 1290. The van der Waals surface area contributed by atoms with E-state index in [9.17, 15) is 19.0 Å². The van der Waals surface area contributed by atoms with E-state index in [-0.39, 0.29) is 19.4 Å². The van der Waals surface area contributed by atoms with Crippen molar-refractivity contribution in [3.63, 3.8) is 0 Å². The Morgan fingerprint density at radius 3 is 1.40 bits per heavy atom. The maximum Gasteiger partial charge on any atom is 0.472 e. The number of hydrogen-bond donors (Lipinski definition) is 1. The summed E-state index contributed by atoms with van der Waals surface area (Å²) in [5, 5.41) is 0. The summed E-state index contributed by atoms with van der Waals surface area (Å²) >= 11 is 0. The fourth-order valence-corrected chi connectivity index (χ4v) is 5.68. The number of rotatable bonds is 38. The molecular formula is C48H77O8P. The third-order valence-corrected chi connectivity index (χ3v) is 9.45.